The number of pyridine rings is 1. The molecular weight excluding hydrogens is 396 g/mol. The van der Waals surface area contributed by atoms with Crippen molar-refractivity contribution in [3.63, 3.8) is 0 Å². The van der Waals surface area contributed by atoms with Gasteiger partial charge in [0.2, 0.25) is 0 Å². The lowest BCUT2D eigenvalue weighted by Crippen LogP contribution is -2.34. The molecule has 1 amide bonds. The number of carbonyl (C=O) groups is 1. The highest BCUT2D eigenvalue weighted by molar-refractivity contribution is 7.22. The Kier molecular flexibility index (Phi) is 5.44. The Hall–Kier alpha value is -3.39. The molecule has 0 aliphatic heterocycles. The number of ether oxygens (including phenoxy) is 1. The van der Waals surface area contributed by atoms with E-state index in [1.54, 1.807) is 36.7 Å². The van der Waals surface area contributed by atoms with Crippen LogP contribution in [0.1, 0.15) is 5.56 Å². The molecule has 0 fully saturated rings. The third kappa shape index (κ3) is 4.38. The van der Waals surface area contributed by atoms with Gasteiger partial charge in [0.15, 0.2) is 23.3 Å². The van der Waals surface area contributed by atoms with Crippen molar-refractivity contribution in [1.29, 1.82) is 0 Å². The Morgan fingerprint density at radius 3 is 2.76 bits per heavy atom. The maximum atomic E-state index is 13.8. The van der Waals surface area contributed by atoms with Crippen molar-refractivity contribution in [2.75, 3.05) is 11.5 Å². The fourth-order valence-corrected chi connectivity index (χ4v) is 3.72. The maximum absolute atomic E-state index is 13.8. The number of hydrogen-bond acceptors (Lipinski definition) is 5. The second-order valence-electron chi connectivity index (χ2n) is 6.17. The molecule has 0 unspecified atom stereocenters. The summed E-state index contributed by atoms with van der Waals surface area (Å²) in [4.78, 5) is 22.9. The molecule has 29 heavy (non-hydrogen) atoms. The fraction of sp³-hybridized carbons (Fsp3) is 0.0952. The van der Waals surface area contributed by atoms with Gasteiger partial charge in [0.1, 0.15) is 5.82 Å². The highest BCUT2D eigenvalue weighted by Gasteiger charge is 2.21. The van der Waals surface area contributed by atoms with Gasteiger partial charge in [0.05, 0.1) is 16.8 Å². The number of aromatic nitrogens is 2. The molecule has 8 heteroatoms. The first-order chi connectivity index (χ1) is 14.1. The van der Waals surface area contributed by atoms with E-state index in [1.807, 2.05) is 6.07 Å². The second-order valence-corrected chi connectivity index (χ2v) is 7.18. The number of para-hydroxylation sites is 1. The van der Waals surface area contributed by atoms with Crippen LogP contribution in [0.4, 0.5) is 13.9 Å². The van der Waals surface area contributed by atoms with Crippen LogP contribution < -0.4 is 9.64 Å². The average Bonchev–Trinajstić information content (AvgIpc) is 3.14. The van der Waals surface area contributed by atoms with Gasteiger partial charge in [-0.05, 0) is 42.0 Å². The average molecular weight is 411 g/mol. The van der Waals surface area contributed by atoms with Crippen molar-refractivity contribution < 1.29 is 18.3 Å². The van der Waals surface area contributed by atoms with Crippen LogP contribution in [0.25, 0.3) is 10.2 Å². The van der Waals surface area contributed by atoms with Gasteiger partial charge in [0.25, 0.3) is 5.91 Å². The molecule has 2 heterocycles. The van der Waals surface area contributed by atoms with Crippen LogP contribution in [0.5, 0.6) is 5.75 Å². The lowest BCUT2D eigenvalue weighted by atomic mass is 10.2. The lowest BCUT2D eigenvalue weighted by molar-refractivity contribution is -0.120. The molecule has 4 aromatic rings. The number of thiazole rings is 1. The number of halogens is 2. The summed E-state index contributed by atoms with van der Waals surface area (Å²) in [6.45, 7) is -0.166. The van der Waals surface area contributed by atoms with Crippen molar-refractivity contribution in [1.82, 2.24) is 9.97 Å². The molecule has 0 atom stereocenters. The molecule has 0 bridgehead atoms. The number of amides is 1. The van der Waals surface area contributed by atoms with E-state index in [9.17, 15) is 13.6 Å². The number of hydrogen-bond donors (Lipinski definition) is 0. The summed E-state index contributed by atoms with van der Waals surface area (Å²) in [5, 5.41) is 0.400. The summed E-state index contributed by atoms with van der Waals surface area (Å²) in [5.74, 6) is -1.33. The zero-order valence-corrected chi connectivity index (χ0v) is 15.9. The Morgan fingerprint density at radius 1 is 1.10 bits per heavy atom. The molecule has 2 aromatic carbocycles. The zero-order valence-electron chi connectivity index (χ0n) is 15.1. The first-order valence-corrected chi connectivity index (χ1v) is 9.54. The molecule has 0 spiro atoms. The summed E-state index contributed by atoms with van der Waals surface area (Å²) in [5.41, 5.74) is 1.38. The van der Waals surface area contributed by atoms with Crippen molar-refractivity contribution in [2.45, 2.75) is 6.54 Å². The number of benzene rings is 2. The van der Waals surface area contributed by atoms with E-state index in [1.165, 1.54) is 40.5 Å². The minimum atomic E-state index is -0.547. The summed E-state index contributed by atoms with van der Waals surface area (Å²) in [6.07, 6.45) is 3.28. The van der Waals surface area contributed by atoms with Gasteiger partial charge in [-0.2, -0.15) is 0 Å². The van der Waals surface area contributed by atoms with Gasteiger partial charge in [-0.15, -0.1) is 0 Å². The summed E-state index contributed by atoms with van der Waals surface area (Å²) < 4.78 is 33.3. The highest BCUT2D eigenvalue weighted by Crippen LogP contribution is 2.30. The van der Waals surface area contributed by atoms with E-state index in [4.69, 9.17) is 4.74 Å². The molecule has 4 rings (SSSR count). The van der Waals surface area contributed by atoms with Gasteiger partial charge in [-0.3, -0.25) is 14.7 Å². The van der Waals surface area contributed by atoms with Crippen LogP contribution in [0.15, 0.2) is 67.0 Å². The van der Waals surface area contributed by atoms with E-state index in [0.717, 1.165) is 5.56 Å². The minimum absolute atomic E-state index is 0.00597. The van der Waals surface area contributed by atoms with Crippen molar-refractivity contribution in [2.24, 2.45) is 0 Å². The largest absolute Gasteiger partial charge is 0.481 e. The Balaban J connectivity index is 1.61. The second kappa shape index (κ2) is 8.32. The molecule has 0 aliphatic carbocycles. The zero-order chi connectivity index (χ0) is 20.2. The van der Waals surface area contributed by atoms with Gasteiger partial charge < -0.3 is 4.74 Å². The van der Waals surface area contributed by atoms with Crippen molar-refractivity contribution >= 4 is 32.6 Å². The van der Waals surface area contributed by atoms with Gasteiger partial charge in [0, 0.05) is 12.4 Å². The van der Waals surface area contributed by atoms with Gasteiger partial charge in [-0.1, -0.05) is 29.5 Å². The molecule has 146 valence electrons. The molecule has 2 aromatic heterocycles. The smallest absolute Gasteiger partial charge is 0.267 e. The van der Waals surface area contributed by atoms with Gasteiger partial charge >= 0.3 is 0 Å². The van der Waals surface area contributed by atoms with E-state index in [0.29, 0.717) is 15.3 Å². The Morgan fingerprint density at radius 2 is 1.97 bits per heavy atom. The number of fused-ring (bicyclic) bond motifs is 1. The first kappa shape index (κ1) is 18.9. The summed E-state index contributed by atoms with van der Waals surface area (Å²) in [6, 6.07) is 13.7. The normalized spacial score (nSPS) is 10.8. The quantitative estimate of drug-likeness (QED) is 0.466. The summed E-state index contributed by atoms with van der Waals surface area (Å²) >= 11 is 1.20. The van der Waals surface area contributed by atoms with Crippen molar-refractivity contribution in [3.8, 4) is 5.75 Å². The number of rotatable bonds is 6. The number of anilines is 1. The number of nitrogens with zero attached hydrogens (tertiary/aromatic N) is 3. The van der Waals surface area contributed by atoms with Crippen LogP contribution >= 0.6 is 11.3 Å². The summed E-state index contributed by atoms with van der Waals surface area (Å²) in [7, 11) is 0. The van der Waals surface area contributed by atoms with Crippen LogP contribution in [0.2, 0.25) is 0 Å². The minimum Gasteiger partial charge on any atom is -0.481 e. The lowest BCUT2D eigenvalue weighted by Gasteiger charge is -2.20. The van der Waals surface area contributed by atoms with Crippen LogP contribution in [0.3, 0.4) is 0 Å². The van der Waals surface area contributed by atoms with Crippen LogP contribution in [0, 0.1) is 11.6 Å². The van der Waals surface area contributed by atoms with E-state index in [-0.39, 0.29) is 24.7 Å². The predicted octanol–water partition coefficient (Wildman–Crippen LogP) is 4.58. The van der Waals surface area contributed by atoms with Gasteiger partial charge in [-0.25, -0.2) is 13.8 Å². The molecular formula is C21H15F2N3O2S. The number of carbonyl (C=O) groups excluding carboxylic acids is 1. The van der Waals surface area contributed by atoms with Crippen LogP contribution in [-0.4, -0.2) is 22.5 Å². The van der Waals surface area contributed by atoms with E-state index < -0.39 is 11.7 Å². The van der Waals surface area contributed by atoms with Crippen molar-refractivity contribution in [3.05, 3.63) is 84.2 Å². The molecule has 0 N–H and O–H groups in total. The molecule has 0 saturated carbocycles. The standard InChI is InChI=1S/C21H15F2N3O2S/c22-15-7-8-17-19(10-15)29-21(25-17)26(12-14-4-3-9-24-11-14)20(27)13-28-18-6-2-1-5-16(18)23/h1-11H,12-13H2. The molecule has 0 aliphatic rings. The third-order valence-electron chi connectivity index (χ3n) is 4.12. The monoisotopic (exact) mass is 411 g/mol. The Labute approximate surface area is 169 Å². The Bertz CT molecular complexity index is 1150. The van der Waals surface area contributed by atoms with E-state index in [2.05, 4.69) is 9.97 Å². The highest BCUT2D eigenvalue weighted by atomic mass is 32.1. The molecule has 0 radical (unpaired) electrons. The SMILES string of the molecule is O=C(COc1ccccc1F)N(Cc1cccnc1)c1nc2ccc(F)cc2s1. The topological polar surface area (TPSA) is 55.3 Å². The molecule has 0 saturated heterocycles. The fourth-order valence-electron chi connectivity index (χ4n) is 2.72. The molecule has 5 nitrogen and oxygen atoms in total. The third-order valence-corrected chi connectivity index (χ3v) is 5.16. The predicted molar refractivity (Wildman–Crippen MR) is 107 cm³/mol. The first-order valence-electron chi connectivity index (χ1n) is 8.73. The van der Waals surface area contributed by atoms with Crippen LogP contribution in [-0.2, 0) is 11.3 Å². The van der Waals surface area contributed by atoms with E-state index >= 15 is 0 Å². The maximum Gasteiger partial charge on any atom is 0.267 e.